The standard InChI is InChI=1S/C14H28N2O4/c1-5-6-12(9-20-4)16-14(19)15-8-11(13(17)18)7-10(2)3/h10-12H,5-9H2,1-4H3,(H,17,18)(H2,15,16,19). The predicted octanol–water partition coefficient (Wildman–Crippen LogP) is 1.85. The first-order valence-corrected chi connectivity index (χ1v) is 7.16. The third kappa shape index (κ3) is 8.74. The molecule has 0 aliphatic carbocycles. The molecular formula is C14H28N2O4. The van der Waals surface area contributed by atoms with Crippen molar-refractivity contribution in [2.24, 2.45) is 11.8 Å². The number of carbonyl (C=O) groups is 2. The molecule has 3 N–H and O–H groups in total. The van der Waals surface area contributed by atoms with E-state index in [1.807, 2.05) is 20.8 Å². The maximum absolute atomic E-state index is 11.7. The van der Waals surface area contributed by atoms with Gasteiger partial charge in [-0.2, -0.15) is 0 Å². The largest absolute Gasteiger partial charge is 0.481 e. The average Bonchev–Trinajstić information content (AvgIpc) is 2.34. The van der Waals surface area contributed by atoms with Gasteiger partial charge in [-0.3, -0.25) is 4.79 Å². The summed E-state index contributed by atoms with van der Waals surface area (Å²) in [6.07, 6.45) is 2.32. The molecule has 0 aromatic rings. The number of hydrogen-bond donors (Lipinski definition) is 3. The van der Waals surface area contributed by atoms with Crippen molar-refractivity contribution < 1.29 is 19.4 Å². The minimum Gasteiger partial charge on any atom is -0.481 e. The average molecular weight is 288 g/mol. The number of hydrogen-bond acceptors (Lipinski definition) is 3. The van der Waals surface area contributed by atoms with Crippen LogP contribution in [0.4, 0.5) is 4.79 Å². The van der Waals surface area contributed by atoms with E-state index in [0.29, 0.717) is 13.0 Å². The van der Waals surface area contributed by atoms with Crippen LogP contribution in [0.3, 0.4) is 0 Å². The Morgan fingerprint density at radius 2 is 1.95 bits per heavy atom. The summed E-state index contributed by atoms with van der Waals surface area (Å²) >= 11 is 0. The molecular weight excluding hydrogens is 260 g/mol. The number of aliphatic carboxylic acids is 1. The fourth-order valence-corrected chi connectivity index (χ4v) is 2.04. The van der Waals surface area contributed by atoms with Crippen LogP contribution in [0.5, 0.6) is 0 Å². The zero-order chi connectivity index (χ0) is 15.5. The fraction of sp³-hybridized carbons (Fsp3) is 0.857. The Hall–Kier alpha value is -1.30. The zero-order valence-corrected chi connectivity index (χ0v) is 12.9. The highest BCUT2D eigenvalue weighted by molar-refractivity contribution is 5.76. The molecule has 0 aromatic heterocycles. The Bertz CT molecular complexity index is 289. The summed E-state index contributed by atoms with van der Waals surface area (Å²) in [7, 11) is 1.59. The smallest absolute Gasteiger partial charge is 0.315 e. The van der Waals surface area contributed by atoms with Crippen molar-refractivity contribution >= 4 is 12.0 Å². The van der Waals surface area contributed by atoms with E-state index in [-0.39, 0.29) is 24.5 Å². The minimum absolute atomic E-state index is 0.0432. The summed E-state index contributed by atoms with van der Waals surface area (Å²) < 4.78 is 5.04. The van der Waals surface area contributed by atoms with Crippen LogP contribution in [-0.2, 0) is 9.53 Å². The summed E-state index contributed by atoms with van der Waals surface area (Å²) in [6, 6.07) is -0.381. The minimum atomic E-state index is -0.874. The van der Waals surface area contributed by atoms with E-state index in [1.165, 1.54) is 0 Å². The lowest BCUT2D eigenvalue weighted by Crippen LogP contribution is -2.46. The molecule has 0 radical (unpaired) electrons. The monoisotopic (exact) mass is 288 g/mol. The lowest BCUT2D eigenvalue weighted by Gasteiger charge is -2.19. The van der Waals surface area contributed by atoms with Crippen LogP contribution < -0.4 is 10.6 Å². The normalized spacial score (nSPS) is 13.8. The van der Waals surface area contributed by atoms with Gasteiger partial charge in [-0.05, 0) is 18.8 Å². The van der Waals surface area contributed by atoms with Crippen molar-refractivity contribution in [2.45, 2.75) is 46.1 Å². The molecule has 0 rings (SSSR count). The molecule has 0 fully saturated rings. The number of ether oxygens (including phenoxy) is 1. The molecule has 2 amide bonds. The molecule has 118 valence electrons. The van der Waals surface area contributed by atoms with E-state index in [0.717, 1.165) is 12.8 Å². The number of carboxylic acids is 1. The van der Waals surface area contributed by atoms with Gasteiger partial charge in [0.25, 0.3) is 0 Å². The van der Waals surface area contributed by atoms with Crippen LogP contribution in [0, 0.1) is 11.8 Å². The third-order valence-electron chi connectivity index (χ3n) is 2.95. The number of rotatable bonds is 10. The van der Waals surface area contributed by atoms with Crippen LogP contribution >= 0.6 is 0 Å². The second-order valence-corrected chi connectivity index (χ2v) is 5.46. The van der Waals surface area contributed by atoms with Crippen molar-refractivity contribution in [1.82, 2.24) is 10.6 Å². The number of urea groups is 1. The van der Waals surface area contributed by atoms with Gasteiger partial charge < -0.3 is 20.5 Å². The molecule has 0 spiro atoms. The quantitative estimate of drug-likeness (QED) is 0.572. The number of amides is 2. The molecule has 0 bridgehead atoms. The summed E-state index contributed by atoms with van der Waals surface area (Å²) in [6.45, 7) is 6.56. The van der Waals surface area contributed by atoms with E-state index in [2.05, 4.69) is 10.6 Å². The second-order valence-electron chi connectivity index (χ2n) is 5.46. The van der Waals surface area contributed by atoms with Gasteiger partial charge >= 0.3 is 12.0 Å². The van der Waals surface area contributed by atoms with Crippen LogP contribution in [0.1, 0.15) is 40.0 Å². The van der Waals surface area contributed by atoms with Crippen molar-refractivity contribution in [3.8, 4) is 0 Å². The molecule has 6 nitrogen and oxygen atoms in total. The van der Waals surface area contributed by atoms with E-state index in [1.54, 1.807) is 7.11 Å². The predicted molar refractivity (Wildman–Crippen MR) is 77.7 cm³/mol. The molecule has 0 aromatic carbocycles. The van der Waals surface area contributed by atoms with Crippen LogP contribution in [0.2, 0.25) is 0 Å². The van der Waals surface area contributed by atoms with Crippen molar-refractivity contribution in [3.05, 3.63) is 0 Å². The van der Waals surface area contributed by atoms with Gasteiger partial charge in [0.2, 0.25) is 0 Å². The van der Waals surface area contributed by atoms with E-state index in [9.17, 15) is 9.59 Å². The first-order chi connectivity index (χ1) is 9.40. The molecule has 0 aliphatic heterocycles. The highest BCUT2D eigenvalue weighted by atomic mass is 16.5. The van der Waals surface area contributed by atoms with Crippen LogP contribution in [-0.4, -0.2) is 43.4 Å². The topological polar surface area (TPSA) is 87.7 Å². The van der Waals surface area contributed by atoms with Gasteiger partial charge in [-0.15, -0.1) is 0 Å². The highest BCUT2D eigenvalue weighted by Crippen LogP contribution is 2.11. The summed E-state index contributed by atoms with van der Waals surface area (Å²) in [4.78, 5) is 22.8. The van der Waals surface area contributed by atoms with E-state index >= 15 is 0 Å². The first kappa shape index (κ1) is 18.7. The van der Waals surface area contributed by atoms with Gasteiger partial charge in [-0.25, -0.2) is 4.79 Å². The number of carbonyl (C=O) groups excluding carboxylic acids is 1. The maximum Gasteiger partial charge on any atom is 0.315 e. The zero-order valence-electron chi connectivity index (χ0n) is 12.9. The van der Waals surface area contributed by atoms with Crippen molar-refractivity contribution in [2.75, 3.05) is 20.3 Å². The molecule has 0 saturated carbocycles. The molecule has 2 unspecified atom stereocenters. The number of methoxy groups -OCH3 is 1. The lowest BCUT2D eigenvalue weighted by molar-refractivity contribution is -0.142. The van der Waals surface area contributed by atoms with E-state index < -0.39 is 11.9 Å². The summed E-state index contributed by atoms with van der Waals surface area (Å²) in [5.74, 6) is -1.14. The molecule has 20 heavy (non-hydrogen) atoms. The second kappa shape index (κ2) is 10.5. The Morgan fingerprint density at radius 1 is 1.30 bits per heavy atom. The van der Waals surface area contributed by atoms with E-state index in [4.69, 9.17) is 9.84 Å². The maximum atomic E-state index is 11.7. The number of carboxylic acid groups (broad SMARTS) is 1. The number of nitrogens with one attached hydrogen (secondary N) is 2. The Kier molecular flexibility index (Phi) is 9.80. The molecule has 2 atom stereocenters. The Balaban J connectivity index is 4.19. The lowest BCUT2D eigenvalue weighted by atomic mass is 9.97. The van der Waals surface area contributed by atoms with Crippen LogP contribution in [0.25, 0.3) is 0 Å². The fourth-order valence-electron chi connectivity index (χ4n) is 2.04. The van der Waals surface area contributed by atoms with Gasteiger partial charge in [0.15, 0.2) is 0 Å². The molecule has 0 aliphatic rings. The summed E-state index contributed by atoms with van der Waals surface area (Å²) in [5, 5.41) is 14.5. The molecule has 6 heteroatoms. The van der Waals surface area contributed by atoms with Crippen molar-refractivity contribution in [3.63, 3.8) is 0 Å². The Morgan fingerprint density at radius 3 is 2.40 bits per heavy atom. The SMILES string of the molecule is CCCC(COC)NC(=O)NCC(CC(C)C)C(=O)O. The van der Waals surface area contributed by atoms with Gasteiger partial charge in [-0.1, -0.05) is 27.2 Å². The van der Waals surface area contributed by atoms with Crippen LogP contribution in [0.15, 0.2) is 0 Å². The third-order valence-corrected chi connectivity index (χ3v) is 2.95. The van der Waals surface area contributed by atoms with Gasteiger partial charge in [0, 0.05) is 13.7 Å². The molecule has 0 saturated heterocycles. The van der Waals surface area contributed by atoms with Crippen molar-refractivity contribution in [1.29, 1.82) is 0 Å². The molecule has 0 heterocycles. The van der Waals surface area contributed by atoms with Gasteiger partial charge in [0.1, 0.15) is 0 Å². The highest BCUT2D eigenvalue weighted by Gasteiger charge is 2.20. The Labute approximate surface area is 121 Å². The summed E-state index contributed by atoms with van der Waals surface area (Å²) in [5.41, 5.74) is 0. The van der Waals surface area contributed by atoms with Gasteiger partial charge in [0.05, 0.1) is 18.6 Å². The first-order valence-electron chi connectivity index (χ1n) is 7.16.